The molecule has 0 spiro atoms. The predicted octanol–water partition coefficient (Wildman–Crippen LogP) is -0.778. The van der Waals surface area contributed by atoms with Crippen LogP contribution in [-0.4, -0.2) is 31.4 Å². The van der Waals surface area contributed by atoms with Crippen molar-refractivity contribution < 1.29 is 9.59 Å². The third-order valence-corrected chi connectivity index (χ3v) is 1.92. The Kier molecular flexibility index (Phi) is 4.56. The number of nitrogens with one attached hydrogen (secondary N) is 2. The Bertz CT molecular complexity index is 221. The molecule has 0 radical (unpaired) electrons. The summed E-state index contributed by atoms with van der Waals surface area (Å²) in [5.41, 5.74) is 5.38. The van der Waals surface area contributed by atoms with Gasteiger partial charge >= 0.3 is 0 Å². The van der Waals surface area contributed by atoms with Crippen molar-refractivity contribution in [1.29, 1.82) is 0 Å². The van der Waals surface area contributed by atoms with Crippen LogP contribution in [0.25, 0.3) is 0 Å². The summed E-state index contributed by atoms with van der Waals surface area (Å²) in [5.74, 6) is -0.541. The molecule has 0 aromatic carbocycles. The first-order valence-electron chi connectivity index (χ1n) is 4.53. The average Bonchev–Trinajstić information content (AvgIpc) is 2.10. The van der Waals surface area contributed by atoms with Crippen molar-refractivity contribution in [2.24, 2.45) is 11.1 Å². The van der Waals surface area contributed by atoms with Gasteiger partial charge in [-0.2, -0.15) is 0 Å². The largest absolute Gasteiger partial charge is 0.358 e. The van der Waals surface area contributed by atoms with Crippen molar-refractivity contribution in [3.05, 3.63) is 0 Å². The SMILES string of the molecule is CNC(=O)CNC(=O)[C@H](N)C(C)(C)C. The van der Waals surface area contributed by atoms with E-state index in [4.69, 9.17) is 5.73 Å². The number of nitrogens with two attached hydrogens (primary N) is 1. The van der Waals surface area contributed by atoms with E-state index in [-0.39, 0.29) is 23.8 Å². The third-order valence-electron chi connectivity index (χ3n) is 1.92. The number of carbonyl (C=O) groups is 2. The van der Waals surface area contributed by atoms with Gasteiger partial charge in [-0.1, -0.05) is 20.8 Å². The van der Waals surface area contributed by atoms with Crippen LogP contribution >= 0.6 is 0 Å². The molecule has 0 saturated carbocycles. The topological polar surface area (TPSA) is 84.2 Å². The van der Waals surface area contributed by atoms with E-state index in [2.05, 4.69) is 10.6 Å². The Morgan fingerprint density at radius 2 is 1.86 bits per heavy atom. The molecule has 82 valence electrons. The maximum Gasteiger partial charge on any atom is 0.239 e. The highest BCUT2D eigenvalue weighted by atomic mass is 16.2. The summed E-state index contributed by atoms with van der Waals surface area (Å²) in [4.78, 5) is 22.2. The van der Waals surface area contributed by atoms with Crippen molar-refractivity contribution in [2.75, 3.05) is 13.6 Å². The van der Waals surface area contributed by atoms with E-state index in [1.54, 1.807) is 0 Å². The number of amides is 2. The highest BCUT2D eigenvalue weighted by Crippen LogP contribution is 2.16. The molecule has 0 saturated heterocycles. The molecule has 4 N–H and O–H groups in total. The Labute approximate surface area is 84.4 Å². The van der Waals surface area contributed by atoms with Gasteiger partial charge < -0.3 is 16.4 Å². The molecule has 0 aromatic rings. The second kappa shape index (κ2) is 4.95. The summed E-state index contributed by atoms with van der Waals surface area (Å²) in [6, 6.07) is -0.604. The Morgan fingerprint density at radius 1 is 1.36 bits per heavy atom. The average molecular weight is 201 g/mol. The van der Waals surface area contributed by atoms with Gasteiger partial charge in [0, 0.05) is 7.05 Å². The summed E-state index contributed by atoms with van der Waals surface area (Å²) in [6.45, 7) is 5.59. The van der Waals surface area contributed by atoms with Gasteiger partial charge in [0.05, 0.1) is 12.6 Å². The maximum absolute atomic E-state index is 11.4. The van der Waals surface area contributed by atoms with E-state index in [1.165, 1.54) is 7.05 Å². The van der Waals surface area contributed by atoms with Crippen molar-refractivity contribution >= 4 is 11.8 Å². The Balaban J connectivity index is 4.04. The minimum absolute atomic E-state index is 0.0287. The summed E-state index contributed by atoms with van der Waals surface area (Å²) in [7, 11) is 1.51. The number of hydrogen-bond donors (Lipinski definition) is 3. The first-order chi connectivity index (χ1) is 6.29. The summed E-state index contributed by atoms with van der Waals surface area (Å²) < 4.78 is 0. The Hall–Kier alpha value is -1.10. The smallest absolute Gasteiger partial charge is 0.239 e. The summed E-state index contributed by atoms with van der Waals surface area (Å²) in [6.07, 6.45) is 0. The van der Waals surface area contributed by atoms with Crippen LogP contribution in [0.5, 0.6) is 0 Å². The lowest BCUT2D eigenvalue weighted by Gasteiger charge is -2.25. The second-order valence-corrected chi connectivity index (χ2v) is 4.23. The molecule has 14 heavy (non-hydrogen) atoms. The van der Waals surface area contributed by atoms with E-state index in [0.717, 1.165) is 0 Å². The molecule has 0 rings (SSSR count). The van der Waals surface area contributed by atoms with E-state index < -0.39 is 6.04 Å². The van der Waals surface area contributed by atoms with Crippen molar-refractivity contribution in [3.63, 3.8) is 0 Å². The minimum Gasteiger partial charge on any atom is -0.358 e. The van der Waals surface area contributed by atoms with Gasteiger partial charge in [-0.25, -0.2) is 0 Å². The molecule has 5 heteroatoms. The van der Waals surface area contributed by atoms with Crippen molar-refractivity contribution in [1.82, 2.24) is 10.6 Å². The maximum atomic E-state index is 11.4. The molecule has 0 heterocycles. The van der Waals surface area contributed by atoms with Crippen LogP contribution in [0.1, 0.15) is 20.8 Å². The zero-order valence-corrected chi connectivity index (χ0v) is 9.18. The van der Waals surface area contributed by atoms with Gasteiger partial charge in [0.25, 0.3) is 0 Å². The van der Waals surface area contributed by atoms with Gasteiger partial charge in [-0.3, -0.25) is 9.59 Å². The van der Waals surface area contributed by atoms with Gasteiger partial charge in [0.15, 0.2) is 0 Å². The fraction of sp³-hybridized carbons (Fsp3) is 0.778. The quantitative estimate of drug-likeness (QED) is 0.560. The lowest BCUT2D eigenvalue weighted by molar-refractivity contribution is -0.128. The molecule has 0 bridgehead atoms. The molecule has 0 unspecified atom stereocenters. The van der Waals surface area contributed by atoms with Gasteiger partial charge in [0.2, 0.25) is 11.8 Å². The number of carbonyl (C=O) groups excluding carboxylic acids is 2. The molecule has 0 aromatic heterocycles. The summed E-state index contributed by atoms with van der Waals surface area (Å²) in [5, 5.41) is 4.87. The van der Waals surface area contributed by atoms with E-state index in [9.17, 15) is 9.59 Å². The predicted molar refractivity (Wildman–Crippen MR) is 54.5 cm³/mol. The van der Waals surface area contributed by atoms with Crippen LogP contribution in [0.15, 0.2) is 0 Å². The van der Waals surface area contributed by atoms with E-state index in [0.29, 0.717) is 0 Å². The lowest BCUT2D eigenvalue weighted by atomic mass is 9.87. The summed E-state index contributed by atoms with van der Waals surface area (Å²) >= 11 is 0. The number of hydrogen-bond acceptors (Lipinski definition) is 3. The first-order valence-corrected chi connectivity index (χ1v) is 4.53. The van der Waals surface area contributed by atoms with Gasteiger partial charge in [-0.15, -0.1) is 0 Å². The van der Waals surface area contributed by atoms with Crippen LogP contribution in [0, 0.1) is 5.41 Å². The van der Waals surface area contributed by atoms with Crippen LogP contribution in [0.3, 0.4) is 0 Å². The normalized spacial score (nSPS) is 13.2. The highest BCUT2D eigenvalue weighted by Gasteiger charge is 2.27. The van der Waals surface area contributed by atoms with Crippen molar-refractivity contribution in [3.8, 4) is 0 Å². The molecular weight excluding hydrogens is 182 g/mol. The molecule has 2 amide bonds. The van der Waals surface area contributed by atoms with Crippen LogP contribution in [-0.2, 0) is 9.59 Å². The number of rotatable bonds is 3. The molecular formula is C9H19N3O2. The molecule has 0 aliphatic heterocycles. The van der Waals surface area contributed by atoms with Crippen LogP contribution < -0.4 is 16.4 Å². The van der Waals surface area contributed by atoms with Crippen LogP contribution in [0.2, 0.25) is 0 Å². The lowest BCUT2D eigenvalue weighted by Crippen LogP contribution is -2.50. The third kappa shape index (κ3) is 4.23. The van der Waals surface area contributed by atoms with E-state index in [1.807, 2.05) is 20.8 Å². The fourth-order valence-corrected chi connectivity index (χ4v) is 0.759. The first kappa shape index (κ1) is 12.9. The van der Waals surface area contributed by atoms with Gasteiger partial charge in [-0.05, 0) is 5.41 Å². The molecule has 0 aliphatic carbocycles. The molecule has 0 aliphatic rings. The van der Waals surface area contributed by atoms with Crippen LogP contribution in [0.4, 0.5) is 0 Å². The van der Waals surface area contributed by atoms with Crippen molar-refractivity contribution in [2.45, 2.75) is 26.8 Å². The second-order valence-electron chi connectivity index (χ2n) is 4.23. The Morgan fingerprint density at radius 3 is 2.21 bits per heavy atom. The number of likely N-dealkylation sites (N-methyl/N-ethyl adjacent to an activating group) is 1. The monoisotopic (exact) mass is 201 g/mol. The fourth-order valence-electron chi connectivity index (χ4n) is 0.759. The minimum atomic E-state index is -0.604. The van der Waals surface area contributed by atoms with Gasteiger partial charge in [0.1, 0.15) is 0 Å². The highest BCUT2D eigenvalue weighted by molar-refractivity contribution is 5.87. The molecule has 1 atom stereocenters. The standard InChI is InChI=1S/C9H19N3O2/c1-9(2,3)7(10)8(14)12-5-6(13)11-4/h7H,5,10H2,1-4H3,(H,11,13)(H,12,14)/t7-/m0/s1. The molecule has 5 nitrogen and oxygen atoms in total. The van der Waals surface area contributed by atoms with E-state index >= 15 is 0 Å². The zero-order valence-electron chi connectivity index (χ0n) is 9.18. The zero-order chi connectivity index (χ0) is 11.4. The molecule has 0 fully saturated rings.